The van der Waals surface area contributed by atoms with Gasteiger partial charge in [-0.3, -0.25) is 28.9 Å². The number of hydrogen-bond donors (Lipinski definition) is 5. The largest absolute Gasteiger partial charge is 0.479 e. The number of carbonyl (C=O) groups is 6. The standard InChI is InChI=1S/C28H38N4O11.C2H6/c1-14(2)18-11-24(36)32(27(18)38)20(12-29)26(37)30-7-6-23(35)31-19-8-16(13-41-15(3)33)4-5-21(19)42-25-10-17(34)9-22(43-25)28(39)40;1-2/h4-5,8,14,17-18,20,22,25,34H,6-7,9-13,29H2,1-3H3,(H,30,37)(H,31,35)(H,39,40);1-2H3. The Morgan fingerprint density at radius 1 is 1.16 bits per heavy atom. The topological polar surface area (TPSA) is 224 Å². The first-order valence-electron chi connectivity index (χ1n) is 14.9. The molecule has 250 valence electrons. The summed E-state index contributed by atoms with van der Waals surface area (Å²) in [5.41, 5.74) is 6.38. The van der Waals surface area contributed by atoms with Gasteiger partial charge in [0.15, 0.2) is 6.10 Å². The molecule has 2 aliphatic heterocycles. The molecule has 3 rings (SSSR count). The number of imide groups is 1. The monoisotopic (exact) mass is 636 g/mol. The van der Waals surface area contributed by atoms with Gasteiger partial charge in [-0.1, -0.05) is 33.8 Å². The SMILES string of the molecule is CC.CC(=O)OCc1ccc(OC2CC(O)CC(C(=O)O)O2)c(NC(=O)CCNC(=O)C(CN)N2C(=O)CC(C(C)C)C2=O)c1. The number of benzene rings is 1. The molecule has 4 amide bonds. The van der Waals surface area contributed by atoms with Crippen LogP contribution in [0.15, 0.2) is 18.2 Å². The summed E-state index contributed by atoms with van der Waals surface area (Å²) in [5.74, 6) is -4.43. The van der Waals surface area contributed by atoms with Gasteiger partial charge in [-0.05, 0) is 23.6 Å². The number of esters is 1. The van der Waals surface area contributed by atoms with Gasteiger partial charge in [0, 0.05) is 51.6 Å². The maximum atomic E-state index is 12.8. The summed E-state index contributed by atoms with van der Waals surface area (Å²) in [7, 11) is 0. The Bertz CT molecular complexity index is 1240. The number of ether oxygens (including phenoxy) is 3. The molecule has 0 spiro atoms. The van der Waals surface area contributed by atoms with Gasteiger partial charge in [0.05, 0.1) is 11.8 Å². The van der Waals surface area contributed by atoms with Gasteiger partial charge >= 0.3 is 11.9 Å². The van der Waals surface area contributed by atoms with Crippen LogP contribution < -0.4 is 21.1 Å². The first-order chi connectivity index (χ1) is 21.3. The third-order valence-corrected chi connectivity index (χ3v) is 7.07. The summed E-state index contributed by atoms with van der Waals surface area (Å²) in [4.78, 5) is 74.3. The second-order valence-corrected chi connectivity index (χ2v) is 10.7. The molecule has 15 nitrogen and oxygen atoms in total. The van der Waals surface area contributed by atoms with Crippen LogP contribution in [0.1, 0.15) is 65.9 Å². The maximum absolute atomic E-state index is 12.8. The van der Waals surface area contributed by atoms with Gasteiger partial charge in [0.1, 0.15) is 18.4 Å². The Morgan fingerprint density at radius 2 is 1.84 bits per heavy atom. The van der Waals surface area contributed by atoms with Gasteiger partial charge < -0.3 is 40.8 Å². The molecule has 0 aromatic heterocycles. The highest BCUT2D eigenvalue weighted by molar-refractivity contribution is 6.07. The van der Waals surface area contributed by atoms with Gasteiger partial charge in [0.25, 0.3) is 0 Å². The number of carboxylic acid groups (broad SMARTS) is 1. The van der Waals surface area contributed by atoms with E-state index in [1.807, 2.05) is 27.7 Å². The van der Waals surface area contributed by atoms with Crippen LogP contribution in [0, 0.1) is 11.8 Å². The van der Waals surface area contributed by atoms with Crippen molar-refractivity contribution in [1.29, 1.82) is 0 Å². The second kappa shape index (κ2) is 17.4. The predicted octanol–water partition coefficient (Wildman–Crippen LogP) is 0.909. The highest BCUT2D eigenvalue weighted by Crippen LogP contribution is 2.31. The molecule has 2 saturated heterocycles. The number of aliphatic hydroxyl groups is 1. The molecule has 6 N–H and O–H groups in total. The van der Waals surface area contributed by atoms with E-state index in [9.17, 15) is 39.0 Å². The first kappa shape index (κ1) is 37.1. The highest BCUT2D eigenvalue weighted by Gasteiger charge is 2.45. The number of carbonyl (C=O) groups excluding carboxylic acids is 5. The van der Waals surface area contributed by atoms with Crippen LogP contribution in [0.4, 0.5) is 5.69 Å². The number of anilines is 1. The predicted molar refractivity (Wildman–Crippen MR) is 159 cm³/mol. The van der Waals surface area contributed by atoms with Crippen molar-refractivity contribution in [3.63, 3.8) is 0 Å². The summed E-state index contributed by atoms with van der Waals surface area (Å²) in [6.45, 7) is 8.35. The van der Waals surface area contributed by atoms with Crippen molar-refractivity contribution in [2.45, 2.75) is 91.4 Å². The van der Waals surface area contributed by atoms with Crippen LogP contribution in [0.2, 0.25) is 0 Å². The van der Waals surface area contributed by atoms with Crippen LogP contribution >= 0.6 is 0 Å². The van der Waals surface area contributed by atoms with E-state index in [2.05, 4.69) is 10.6 Å². The van der Waals surface area contributed by atoms with Gasteiger partial charge in [0.2, 0.25) is 29.9 Å². The lowest BCUT2D eigenvalue weighted by Gasteiger charge is -2.31. The van der Waals surface area contributed by atoms with Crippen LogP contribution in [-0.4, -0.2) is 88.3 Å². The average Bonchev–Trinajstić information content (AvgIpc) is 3.28. The quantitative estimate of drug-likeness (QED) is 0.150. The molecular weight excluding hydrogens is 592 g/mol. The molecule has 1 aromatic carbocycles. The lowest BCUT2D eigenvalue weighted by atomic mass is 9.94. The Balaban J connectivity index is 0.00000345. The minimum Gasteiger partial charge on any atom is -0.479 e. The first-order valence-corrected chi connectivity index (χ1v) is 14.9. The van der Waals surface area contributed by atoms with Crippen molar-refractivity contribution in [3.8, 4) is 5.75 Å². The van der Waals surface area contributed by atoms with E-state index in [1.165, 1.54) is 19.1 Å². The molecule has 2 fully saturated rings. The molecule has 5 unspecified atom stereocenters. The number of rotatable bonds is 13. The molecule has 15 heteroatoms. The minimum atomic E-state index is -1.28. The molecule has 0 bridgehead atoms. The Kier molecular flexibility index (Phi) is 14.4. The number of aliphatic hydroxyl groups excluding tert-OH is 1. The fraction of sp³-hybridized carbons (Fsp3) is 0.600. The lowest BCUT2D eigenvalue weighted by molar-refractivity contribution is -0.195. The van der Waals surface area contributed by atoms with Crippen LogP contribution in [0.25, 0.3) is 0 Å². The molecule has 45 heavy (non-hydrogen) atoms. The second-order valence-electron chi connectivity index (χ2n) is 10.7. The Hall–Kier alpha value is -4.08. The van der Waals surface area contributed by atoms with Crippen LogP contribution in [-0.2, 0) is 44.8 Å². The number of nitrogens with two attached hydrogens (primary N) is 1. The summed E-state index contributed by atoms with van der Waals surface area (Å²) in [6.07, 6.45) is -3.71. The van der Waals surface area contributed by atoms with E-state index in [0.29, 0.717) is 5.56 Å². The van der Waals surface area contributed by atoms with Crippen molar-refractivity contribution in [2.75, 3.05) is 18.4 Å². The lowest BCUT2D eigenvalue weighted by Crippen LogP contribution is -2.53. The fourth-order valence-corrected chi connectivity index (χ4v) is 4.77. The molecule has 0 aliphatic carbocycles. The summed E-state index contributed by atoms with van der Waals surface area (Å²) in [5, 5.41) is 24.5. The summed E-state index contributed by atoms with van der Waals surface area (Å²) in [6, 6.07) is 3.32. The fourth-order valence-electron chi connectivity index (χ4n) is 4.77. The van der Waals surface area contributed by atoms with Crippen molar-refractivity contribution in [1.82, 2.24) is 10.2 Å². The van der Waals surface area contributed by atoms with Gasteiger partial charge in [-0.2, -0.15) is 0 Å². The van der Waals surface area contributed by atoms with E-state index in [1.54, 1.807) is 6.07 Å². The number of likely N-dealkylation sites (tertiary alicyclic amines) is 1. The molecule has 2 heterocycles. The third-order valence-electron chi connectivity index (χ3n) is 7.07. The summed E-state index contributed by atoms with van der Waals surface area (Å²) < 4.78 is 16.2. The maximum Gasteiger partial charge on any atom is 0.333 e. The van der Waals surface area contributed by atoms with Gasteiger partial charge in [-0.25, -0.2) is 4.79 Å². The number of nitrogens with zero attached hydrogens (tertiary/aromatic N) is 1. The van der Waals surface area contributed by atoms with E-state index in [-0.39, 0.29) is 62.7 Å². The van der Waals surface area contributed by atoms with Crippen LogP contribution in [0.5, 0.6) is 5.75 Å². The van der Waals surface area contributed by atoms with Crippen LogP contribution in [0.3, 0.4) is 0 Å². The third kappa shape index (κ3) is 10.5. The smallest absolute Gasteiger partial charge is 0.333 e. The molecule has 2 aliphatic rings. The highest BCUT2D eigenvalue weighted by atomic mass is 16.7. The Morgan fingerprint density at radius 3 is 2.42 bits per heavy atom. The zero-order valence-electron chi connectivity index (χ0n) is 26.2. The minimum absolute atomic E-state index is 0.00539. The van der Waals surface area contributed by atoms with E-state index < -0.39 is 66.0 Å². The van der Waals surface area contributed by atoms with Crippen molar-refractivity contribution in [2.24, 2.45) is 17.6 Å². The number of carboxylic acids is 1. The zero-order valence-corrected chi connectivity index (χ0v) is 26.2. The molecule has 0 saturated carbocycles. The molecular formula is C30H44N4O11. The normalized spacial score (nSPS) is 21.8. The summed E-state index contributed by atoms with van der Waals surface area (Å²) >= 11 is 0. The zero-order chi connectivity index (χ0) is 33.8. The number of hydrogen-bond acceptors (Lipinski definition) is 11. The van der Waals surface area contributed by atoms with E-state index in [4.69, 9.17) is 19.9 Å². The number of aliphatic carboxylic acids is 1. The van der Waals surface area contributed by atoms with E-state index in [0.717, 1.165) is 4.90 Å². The molecule has 5 atom stereocenters. The van der Waals surface area contributed by atoms with Crippen molar-refractivity contribution < 1.29 is 53.2 Å². The Labute approximate surface area is 261 Å². The number of amides is 4. The van der Waals surface area contributed by atoms with Crippen molar-refractivity contribution in [3.05, 3.63) is 23.8 Å². The van der Waals surface area contributed by atoms with Crippen molar-refractivity contribution >= 4 is 41.3 Å². The van der Waals surface area contributed by atoms with E-state index >= 15 is 0 Å². The molecule has 0 radical (unpaired) electrons. The number of nitrogens with one attached hydrogen (secondary N) is 2. The average molecular weight is 637 g/mol. The molecule has 1 aromatic rings. The van der Waals surface area contributed by atoms with Gasteiger partial charge in [-0.15, -0.1) is 0 Å².